The van der Waals surface area contributed by atoms with E-state index in [-0.39, 0.29) is 12.1 Å². The van der Waals surface area contributed by atoms with Crippen LogP contribution in [0.5, 0.6) is 0 Å². The molecule has 0 radical (unpaired) electrons. The van der Waals surface area contributed by atoms with Crippen LogP contribution in [0.15, 0.2) is 22.8 Å². The standard InChI is InChI=1S/C9H14BrN3/c1-2-6(11)9(12)7-4-3-5-8(10)13-7/h3-6,9H,2,11-12H2,1H3/t6-,9+/m0/s1. The SMILES string of the molecule is CC[C@H](N)[C@@H](N)c1cccc(Br)n1. The van der Waals surface area contributed by atoms with Crippen molar-refractivity contribution in [3.63, 3.8) is 0 Å². The van der Waals surface area contributed by atoms with Gasteiger partial charge in [0.25, 0.3) is 0 Å². The van der Waals surface area contributed by atoms with E-state index in [0.717, 1.165) is 16.7 Å². The lowest BCUT2D eigenvalue weighted by Crippen LogP contribution is -2.33. The molecular weight excluding hydrogens is 230 g/mol. The van der Waals surface area contributed by atoms with Crippen molar-refractivity contribution in [3.05, 3.63) is 28.5 Å². The molecule has 1 aromatic rings. The molecule has 0 saturated carbocycles. The summed E-state index contributed by atoms with van der Waals surface area (Å²) in [4.78, 5) is 4.25. The van der Waals surface area contributed by atoms with Crippen LogP contribution in [0.1, 0.15) is 25.1 Å². The Kier molecular flexibility index (Phi) is 3.84. The fourth-order valence-corrected chi connectivity index (χ4v) is 1.44. The molecule has 0 amide bonds. The van der Waals surface area contributed by atoms with Gasteiger partial charge >= 0.3 is 0 Å². The van der Waals surface area contributed by atoms with E-state index in [2.05, 4.69) is 20.9 Å². The number of pyridine rings is 1. The Balaban J connectivity index is 2.82. The van der Waals surface area contributed by atoms with Crippen molar-refractivity contribution in [1.29, 1.82) is 0 Å². The Morgan fingerprint density at radius 2 is 2.15 bits per heavy atom. The molecule has 0 aliphatic rings. The van der Waals surface area contributed by atoms with Gasteiger partial charge < -0.3 is 11.5 Å². The molecule has 2 atom stereocenters. The molecule has 4 heteroatoms. The summed E-state index contributed by atoms with van der Waals surface area (Å²) in [7, 11) is 0. The number of aromatic nitrogens is 1. The number of halogens is 1. The van der Waals surface area contributed by atoms with E-state index in [1.54, 1.807) is 0 Å². The molecule has 13 heavy (non-hydrogen) atoms. The Bertz CT molecular complexity index is 277. The molecule has 0 saturated heterocycles. The van der Waals surface area contributed by atoms with Gasteiger partial charge in [-0.05, 0) is 34.5 Å². The van der Waals surface area contributed by atoms with Crippen LogP contribution in [-0.4, -0.2) is 11.0 Å². The van der Waals surface area contributed by atoms with E-state index < -0.39 is 0 Å². The van der Waals surface area contributed by atoms with Gasteiger partial charge in [0.1, 0.15) is 4.60 Å². The van der Waals surface area contributed by atoms with Gasteiger partial charge in [-0.1, -0.05) is 13.0 Å². The minimum absolute atomic E-state index is 0.0261. The summed E-state index contributed by atoms with van der Waals surface area (Å²) in [6.07, 6.45) is 0.857. The Morgan fingerprint density at radius 3 is 2.69 bits per heavy atom. The van der Waals surface area contributed by atoms with Crippen molar-refractivity contribution in [2.45, 2.75) is 25.4 Å². The Labute approximate surface area is 86.7 Å². The van der Waals surface area contributed by atoms with Gasteiger partial charge in [-0.15, -0.1) is 0 Å². The van der Waals surface area contributed by atoms with E-state index in [1.165, 1.54) is 0 Å². The van der Waals surface area contributed by atoms with Gasteiger partial charge in [-0.25, -0.2) is 4.98 Å². The van der Waals surface area contributed by atoms with Crippen LogP contribution in [0.25, 0.3) is 0 Å². The Hall–Kier alpha value is -0.450. The third-order valence-corrected chi connectivity index (χ3v) is 2.45. The summed E-state index contributed by atoms with van der Waals surface area (Å²) in [6.45, 7) is 2.02. The van der Waals surface area contributed by atoms with Gasteiger partial charge in [0.2, 0.25) is 0 Å². The lowest BCUT2D eigenvalue weighted by atomic mass is 10.0. The summed E-state index contributed by atoms with van der Waals surface area (Å²) in [6, 6.07) is 5.47. The molecule has 0 aromatic carbocycles. The molecule has 1 rings (SSSR count). The van der Waals surface area contributed by atoms with Crippen LogP contribution in [-0.2, 0) is 0 Å². The van der Waals surface area contributed by atoms with Crippen molar-refractivity contribution in [2.75, 3.05) is 0 Å². The second-order valence-electron chi connectivity index (χ2n) is 2.98. The molecular formula is C9H14BrN3. The molecule has 0 aliphatic heterocycles. The molecule has 72 valence electrons. The smallest absolute Gasteiger partial charge is 0.106 e. The number of hydrogen-bond donors (Lipinski definition) is 2. The predicted octanol–water partition coefficient (Wildman–Crippen LogP) is 1.58. The zero-order chi connectivity index (χ0) is 9.84. The first kappa shape index (κ1) is 10.6. The quantitative estimate of drug-likeness (QED) is 0.793. The van der Waals surface area contributed by atoms with E-state index in [4.69, 9.17) is 11.5 Å². The minimum Gasteiger partial charge on any atom is -0.326 e. The maximum Gasteiger partial charge on any atom is 0.106 e. The zero-order valence-corrected chi connectivity index (χ0v) is 9.16. The number of nitrogens with zero attached hydrogens (tertiary/aromatic N) is 1. The Morgan fingerprint density at radius 1 is 1.46 bits per heavy atom. The van der Waals surface area contributed by atoms with Crippen LogP contribution in [0.3, 0.4) is 0 Å². The topological polar surface area (TPSA) is 64.9 Å². The highest BCUT2D eigenvalue weighted by Gasteiger charge is 2.14. The monoisotopic (exact) mass is 243 g/mol. The van der Waals surface area contributed by atoms with E-state index >= 15 is 0 Å². The normalized spacial score (nSPS) is 15.4. The van der Waals surface area contributed by atoms with Crippen molar-refractivity contribution < 1.29 is 0 Å². The van der Waals surface area contributed by atoms with Crippen LogP contribution < -0.4 is 11.5 Å². The molecule has 1 aromatic heterocycles. The van der Waals surface area contributed by atoms with Crippen LogP contribution in [0.4, 0.5) is 0 Å². The summed E-state index contributed by atoms with van der Waals surface area (Å²) in [5.41, 5.74) is 12.6. The molecule has 3 nitrogen and oxygen atoms in total. The first-order chi connectivity index (χ1) is 6.15. The molecule has 4 N–H and O–H groups in total. The number of nitrogens with two attached hydrogens (primary N) is 2. The average Bonchev–Trinajstić information content (AvgIpc) is 2.15. The minimum atomic E-state index is -0.178. The van der Waals surface area contributed by atoms with Crippen LogP contribution in [0, 0.1) is 0 Å². The van der Waals surface area contributed by atoms with Crippen molar-refractivity contribution in [2.24, 2.45) is 11.5 Å². The predicted molar refractivity (Wildman–Crippen MR) is 57.1 cm³/mol. The molecule has 0 unspecified atom stereocenters. The molecule has 1 heterocycles. The fourth-order valence-electron chi connectivity index (χ4n) is 1.08. The first-order valence-corrected chi connectivity index (χ1v) is 5.08. The van der Waals surface area contributed by atoms with E-state index in [0.29, 0.717) is 0 Å². The molecule has 0 fully saturated rings. The summed E-state index contributed by atoms with van der Waals surface area (Å²) in [5, 5.41) is 0. The highest BCUT2D eigenvalue weighted by Crippen LogP contribution is 2.15. The summed E-state index contributed by atoms with van der Waals surface area (Å²) in [5.74, 6) is 0. The highest BCUT2D eigenvalue weighted by molar-refractivity contribution is 9.10. The first-order valence-electron chi connectivity index (χ1n) is 4.28. The van der Waals surface area contributed by atoms with Crippen molar-refractivity contribution >= 4 is 15.9 Å². The van der Waals surface area contributed by atoms with Crippen LogP contribution in [0.2, 0.25) is 0 Å². The largest absolute Gasteiger partial charge is 0.326 e. The average molecular weight is 244 g/mol. The second-order valence-corrected chi connectivity index (χ2v) is 3.80. The lowest BCUT2D eigenvalue weighted by Gasteiger charge is -2.17. The lowest BCUT2D eigenvalue weighted by molar-refractivity contribution is 0.521. The fraction of sp³-hybridized carbons (Fsp3) is 0.444. The summed E-state index contributed by atoms with van der Waals surface area (Å²) >= 11 is 3.29. The maximum absolute atomic E-state index is 5.91. The van der Waals surface area contributed by atoms with Gasteiger partial charge in [-0.3, -0.25) is 0 Å². The molecule has 0 spiro atoms. The van der Waals surface area contributed by atoms with Gasteiger partial charge in [-0.2, -0.15) is 0 Å². The highest BCUT2D eigenvalue weighted by atomic mass is 79.9. The van der Waals surface area contributed by atoms with Crippen molar-refractivity contribution in [3.8, 4) is 0 Å². The van der Waals surface area contributed by atoms with Gasteiger partial charge in [0.15, 0.2) is 0 Å². The van der Waals surface area contributed by atoms with Crippen LogP contribution >= 0.6 is 15.9 Å². The third-order valence-electron chi connectivity index (χ3n) is 2.01. The molecule has 0 bridgehead atoms. The third kappa shape index (κ3) is 2.76. The zero-order valence-electron chi connectivity index (χ0n) is 7.57. The number of rotatable bonds is 3. The second kappa shape index (κ2) is 4.69. The van der Waals surface area contributed by atoms with E-state index in [9.17, 15) is 0 Å². The van der Waals surface area contributed by atoms with Gasteiger partial charge in [0, 0.05) is 6.04 Å². The maximum atomic E-state index is 5.91. The van der Waals surface area contributed by atoms with E-state index in [1.807, 2.05) is 25.1 Å². The molecule has 0 aliphatic carbocycles. The number of hydrogen-bond acceptors (Lipinski definition) is 3. The van der Waals surface area contributed by atoms with Gasteiger partial charge in [0.05, 0.1) is 11.7 Å². The van der Waals surface area contributed by atoms with Crippen molar-refractivity contribution in [1.82, 2.24) is 4.98 Å². The summed E-state index contributed by atoms with van der Waals surface area (Å²) < 4.78 is 0.795.